The number of nitrogens with one attached hydrogen (secondary N) is 3. The molecule has 29 heavy (non-hydrogen) atoms. The van der Waals surface area contributed by atoms with Crippen LogP contribution in [0.3, 0.4) is 0 Å². The number of aliphatic hydroxyl groups excluding tert-OH is 1. The van der Waals surface area contributed by atoms with E-state index >= 15 is 0 Å². The Hall–Kier alpha value is -2.39. The van der Waals surface area contributed by atoms with Crippen molar-refractivity contribution >= 4 is 40.0 Å². The van der Waals surface area contributed by atoms with Gasteiger partial charge in [0, 0.05) is 41.0 Å². The SMILES string of the molecule is OCc1cnc(-c2cnc3[nH]ccc3c2N[C@H]2C[C@@H](NSc3ccccc3)C2)s1. The van der Waals surface area contributed by atoms with E-state index in [1.54, 1.807) is 18.1 Å². The molecule has 0 atom stereocenters. The number of pyridine rings is 1. The fourth-order valence-electron chi connectivity index (χ4n) is 3.51. The van der Waals surface area contributed by atoms with Crippen molar-refractivity contribution < 1.29 is 5.11 Å². The van der Waals surface area contributed by atoms with Gasteiger partial charge in [-0.3, -0.25) is 4.72 Å². The molecular formula is C21H21N5OS2. The highest BCUT2D eigenvalue weighted by Crippen LogP contribution is 2.38. The third kappa shape index (κ3) is 3.89. The molecule has 5 rings (SSSR count). The number of fused-ring (bicyclic) bond motifs is 1. The van der Waals surface area contributed by atoms with Crippen molar-refractivity contribution in [2.75, 3.05) is 5.32 Å². The highest BCUT2D eigenvalue weighted by atomic mass is 32.2. The van der Waals surface area contributed by atoms with Crippen LogP contribution in [0, 0.1) is 0 Å². The van der Waals surface area contributed by atoms with Gasteiger partial charge >= 0.3 is 0 Å². The van der Waals surface area contributed by atoms with Gasteiger partial charge in [-0.25, -0.2) is 9.97 Å². The lowest BCUT2D eigenvalue weighted by Crippen LogP contribution is -2.45. The maximum atomic E-state index is 9.39. The molecule has 3 aromatic heterocycles. The summed E-state index contributed by atoms with van der Waals surface area (Å²) in [6, 6.07) is 13.3. The first-order chi connectivity index (χ1) is 14.3. The normalized spacial score (nSPS) is 18.7. The van der Waals surface area contributed by atoms with Crippen LogP contribution in [0.25, 0.3) is 21.6 Å². The van der Waals surface area contributed by atoms with E-state index in [0.717, 1.165) is 45.0 Å². The molecular weight excluding hydrogens is 402 g/mol. The minimum atomic E-state index is 0.00924. The minimum absolute atomic E-state index is 0.00924. The summed E-state index contributed by atoms with van der Waals surface area (Å²) < 4.78 is 3.56. The molecule has 0 bridgehead atoms. The zero-order valence-electron chi connectivity index (χ0n) is 15.6. The van der Waals surface area contributed by atoms with Crippen molar-refractivity contribution in [3.05, 3.63) is 59.9 Å². The Morgan fingerprint density at radius 2 is 1.97 bits per heavy atom. The predicted octanol–water partition coefficient (Wildman–Crippen LogP) is 4.42. The van der Waals surface area contributed by atoms with Crippen LogP contribution in [0.1, 0.15) is 17.7 Å². The van der Waals surface area contributed by atoms with E-state index in [4.69, 9.17) is 0 Å². The third-order valence-corrected chi connectivity index (χ3v) is 7.07. The second-order valence-electron chi connectivity index (χ2n) is 7.12. The quantitative estimate of drug-likeness (QED) is 0.329. The minimum Gasteiger partial charge on any atom is -0.391 e. The zero-order valence-corrected chi connectivity index (χ0v) is 17.3. The molecule has 4 N–H and O–H groups in total. The number of benzene rings is 1. The number of thiazole rings is 1. The van der Waals surface area contributed by atoms with E-state index in [9.17, 15) is 5.11 Å². The van der Waals surface area contributed by atoms with E-state index in [2.05, 4.69) is 49.3 Å². The summed E-state index contributed by atoms with van der Waals surface area (Å²) in [7, 11) is 0. The second-order valence-corrected chi connectivity index (χ2v) is 9.15. The maximum absolute atomic E-state index is 9.39. The molecule has 1 aliphatic carbocycles. The van der Waals surface area contributed by atoms with Gasteiger partial charge in [-0.2, -0.15) is 0 Å². The van der Waals surface area contributed by atoms with E-state index in [1.165, 1.54) is 16.2 Å². The van der Waals surface area contributed by atoms with E-state index in [1.807, 2.05) is 24.5 Å². The second kappa shape index (κ2) is 8.16. The number of aromatic nitrogens is 3. The first-order valence-electron chi connectivity index (χ1n) is 9.56. The van der Waals surface area contributed by atoms with Gasteiger partial charge in [-0.1, -0.05) is 18.2 Å². The molecule has 0 spiro atoms. The smallest absolute Gasteiger partial charge is 0.139 e. The van der Waals surface area contributed by atoms with Crippen LogP contribution in [0.15, 0.2) is 59.9 Å². The van der Waals surface area contributed by atoms with E-state index in [0.29, 0.717) is 12.1 Å². The zero-order chi connectivity index (χ0) is 19.6. The van der Waals surface area contributed by atoms with Crippen molar-refractivity contribution in [3.8, 4) is 10.6 Å². The number of nitrogens with zero attached hydrogens (tertiary/aromatic N) is 2. The Morgan fingerprint density at radius 1 is 1.10 bits per heavy atom. The fraction of sp³-hybridized carbons (Fsp3) is 0.238. The Bertz CT molecular complexity index is 1100. The van der Waals surface area contributed by atoms with Gasteiger partial charge in [-0.05, 0) is 43.0 Å². The summed E-state index contributed by atoms with van der Waals surface area (Å²) in [5, 5.41) is 15.1. The highest BCUT2D eigenvalue weighted by molar-refractivity contribution is 7.97. The third-order valence-electron chi connectivity index (χ3n) is 5.10. The number of anilines is 1. The summed E-state index contributed by atoms with van der Waals surface area (Å²) in [6.07, 6.45) is 7.63. The maximum Gasteiger partial charge on any atom is 0.139 e. The van der Waals surface area contributed by atoms with Gasteiger partial charge in [0.15, 0.2) is 0 Å². The Morgan fingerprint density at radius 3 is 2.76 bits per heavy atom. The van der Waals surface area contributed by atoms with E-state index < -0.39 is 0 Å². The predicted molar refractivity (Wildman–Crippen MR) is 119 cm³/mol. The van der Waals surface area contributed by atoms with Crippen LogP contribution in [0.2, 0.25) is 0 Å². The monoisotopic (exact) mass is 423 g/mol. The molecule has 4 aromatic rings. The number of rotatable bonds is 7. The topological polar surface area (TPSA) is 85.9 Å². The molecule has 1 aromatic carbocycles. The molecule has 3 heterocycles. The molecule has 1 aliphatic rings. The summed E-state index contributed by atoms with van der Waals surface area (Å²) >= 11 is 3.20. The van der Waals surface area contributed by atoms with Gasteiger partial charge in [0.1, 0.15) is 10.7 Å². The molecule has 0 unspecified atom stereocenters. The number of hydrogen-bond acceptors (Lipinski definition) is 7. The molecule has 0 amide bonds. The van der Waals surface area contributed by atoms with Gasteiger partial charge in [0.25, 0.3) is 0 Å². The Labute approximate surface area is 176 Å². The van der Waals surface area contributed by atoms with Crippen molar-refractivity contribution in [2.24, 2.45) is 0 Å². The largest absolute Gasteiger partial charge is 0.391 e. The standard InChI is InChI=1S/C21H21N5OS2/c27-12-16-10-24-21(28-16)18-11-23-20-17(6-7-22-20)19(18)25-13-8-14(9-13)26-29-15-4-2-1-3-5-15/h1-7,10-11,13-14,26-27H,8-9,12H2,(H2,22,23,25)/t13-,14+. The molecule has 0 radical (unpaired) electrons. The average molecular weight is 424 g/mol. The van der Waals surface area contributed by atoms with Gasteiger partial charge in [0.05, 0.1) is 22.7 Å². The number of H-pyrrole nitrogens is 1. The molecule has 8 heteroatoms. The number of aliphatic hydroxyl groups is 1. The van der Waals surface area contributed by atoms with E-state index in [-0.39, 0.29) is 6.61 Å². The summed E-state index contributed by atoms with van der Waals surface area (Å²) in [5.41, 5.74) is 2.91. The molecule has 1 saturated carbocycles. The van der Waals surface area contributed by atoms with Gasteiger partial charge in [0.2, 0.25) is 0 Å². The van der Waals surface area contributed by atoms with Crippen LogP contribution < -0.4 is 10.0 Å². The van der Waals surface area contributed by atoms with Crippen LogP contribution in [-0.4, -0.2) is 32.1 Å². The van der Waals surface area contributed by atoms with Crippen molar-refractivity contribution in [1.82, 2.24) is 19.7 Å². The summed E-state index contributed by atoms with van der Waals surface area (Å²) in [6.45, 7) is 0.00924. The Kier molecular flexibility index (Phi) is 5.24. The first kappa shape index (κ1) is 18.6. The highest BCUT2D eigenvalue weighted by Gasteiger charge is 2.30. The number of hydrogen-bond donors (Lipinski definition) is 4. The molecule has 6 nitrogen and oxygen atoms in total. The van der Waals surface area contributed by atoms with Crippen LogP contribution in [-0.2, 0) is 6.61 Å². The Balaban J connectivity index is 1.30. The fourth-order valence-corrected chi connectivity index (χ4v) is 5.08. The summed E-state index contributed by atoms with van der Waals surface area (Å²) in [5.74, 6) is 0. The molecule has 148 valence electrons. The molecule has 1 fully saturated rings. The average Bonchev–Trinajstić information content (AvgIpc) is 3.39. The van der Waals surface area contributed by atoms with Crippen molar-refractivity contribution in [2.45, 2.75) is 36.4 Å². The molecule has 0 saturated heterocycles. The van der Waals surface area contributed by atoms with Crippen molar-refractivity contribution in [1.29, 1.82) is 0 Å². The van der Waals surface area contributed by atoms with Crippen LogP contribution in [0.4, 0.5) is 5.69 Å². The number of aromatic amines is 1. The lowest BCUT2D eigenvalue weighted by atomic mass is 9.87. The first-order valence-corrected chi connectivity index (χ1v) is 11.2. The lowest BCUT2D eigenvalue weighted by molar-refractivity contribution is 0.285. The van der Waals surface area contributed by atoms with Gasteiger partial charge < -0.3 is 15.4 Å². The van der Waals surface area contributed by atoms with Crippen LogP contribution in [0.5, 0.6) is 0 Å². The summed E-state index contributed by atoms with van der Waals surface area (Å²) in [4.78, 5) is 14.3. The molecule has 0 aliphatic heterocycles. The lowest BCUT2D eigenvalue weighted by Gasteiger charge is -2.37. The van der Waals surface area contributed by atoms with Crippen LogP contribution >= 0.6 is 23.3 Å². The van der Waals surface area contributed by atoms with Crippen molar-refractivity contribution in [3.63, 3.8) is 0 Å². The van der Waals surface area contributed by atoms with Gasteiger partial charge in [-0.15, -0.1) is 11.3 Å².